The van der Waals surface area contributed by atoms with Crippen molar-refractivity contribution in [1.82, 2.24) is 0 Å². The molecule has 1 rings (SSSR count). The molecule has 0 saturated heterocycles. The highest BCUT2D eigenvalue weighted by Crippen LogP contribution is 2.19. The first-order valence-electron chi connectivity index (χ1n) is 3.19. The van der Waals surface area contributed by atoms with Crippen LogP contribution in [0.1, 0.15) is 11.1 Å². The first kappa shape index (κ1) is 7.76. The summed E-state index contributed by atoms with van der Waals surface area (Å²) in [5.41, 5.74) is 7.90. The molecule has 0 amide bonds. The summed E-state index contributed by atoms with van der Waals surface area (Å²) in [7, 11) is 0. The zero-order valence-electron chi connectivity index (χ0n) is 5.89. The lowest BCUT2D eigenvalue weighted by atomic mass is 10.1. The van der Waals surface area contributed by atoms with Gasteiger partial charge in [-0.3, -0.25) is 0 Å². The number of rotatable bonds is 1. The molecule has 1 nitrogen and oxygen atoms in total. The zero-order valence-corrected chi connectivity index (χ0v) is 7.48. The minimum atomic E-state index is 0.599. The van der Waals surface area contributed by atoms with Crippen LogP contribution in [0.2, 0.25) is 0 Å². The number of benzene rings is 1. The second kappa shape index (κ2) is 3.17. The molecule has 0 unspecified atom stereocenters. The highest BCUT2D eigenvalue weighted by Gasteiger charge is 1.97. The maximum atomic E-state index is 5.49. The van der Waals surface area contributed by atoms with Crippen molar-refractivity contribution in [3.63, 3.8) is 0 Å². The molecule has 0 aliphatic carbocycles. The van der Waals surface area contributed by atoms with Crippen molar-refractivity contribution in [1.29, 1.82) is 0 Å². The molecule has 10 heavy (non-hydrogen) atoms. The average Bonchev–Trinajstić information content (AvgIpc) is 1.95. The van der Waals surface area contributed by atoms with Crippen LogP contribution >= 0.6 is 15.9 Å². The molecule has 0 heterocycles. The van der Waals surface area contributed by atoms with Crippen molar-refractivity contribution in [2.45, 2.75) is 13.5 Å². The van der Waals surface area contributed by atoms with Crippen LogP contribution in [0.25, 0.3) is 0 Å². The van der Waals surface area contributed by atoms with Crippen LogP contribution in [0, 0.1) is 6.92 Å². The summed E-state index contributed by atoms with van der Waals surface area (Å²) in [5, 5.41) is 0. The van der Waals surface area contributed by atoms with E-state index in [-0.39, 0.29) is 0 Å². The van der Waals surface area contributed by atoms with E-state index in [4.69, 9.17) is 5.73 Å². The summed E-state index contributed by atoms with van der Waals surface area (Å²) in [6, 6.07) is 6.10. The third-order valence-corrected chi connectivity index (χ3v) is 2.63. The van der Waals surface area contributed by atoms with Gasteiger partial charge in [-0.2, -0.15) is 0 Å². The topological polar surface area (TPSA) is 26.0 Å². The van der Waals surface area contributed by atoms with E-state index in [0.29, 0.717) is 6.54 Å². The van der Waals surface area contributed by atoms with Crippen LogP contribution in [-0.4, -0.2) is 0 Å². The maximum Gasteiger partial charge on any atom is 0.0249 e. The van der Waals surface area contributed by atoms with Crippen LogP contribution in [0.4, 0.5) is 0 Å². The molecule has 1 aromatic carbocycles. The smallest absolute Gasteiger partial charge is 0.0249 e. The lowest BCUT2D eigenvalue weighted by Crippen LogP contribution is -1.97. The minimum absolute atomic E-state index is 0.599. The predicted octanol–water partition coefficient (Wildman–Crippen LogP) is 2.22. The summed E-state index contributed by atoms with van der Waals surface area (Å²) >= 11 is 3.46. The zero-order chi connectivity index (χ0) is 7.56. The van der Waals surface area contributed by atoms with E-state index in [0.717, 1.165) is 4.47 Å². The van der Waals surface area contributed by atoms with Crippen LogP contribution in [0.5, 0.6) is 0 Å². The van der Waals surface area contributed by atoms with Gasteiger partial charge in [-0.15, -0.1) is 0 Å². The fourth-order valence-electron chi connectivity index (χ4n) is 0.866. The van der Waals surface area contributed by atoms with E-state index in [2.05, 4.69) is 28.9 Å². The molecule has 0 aliphatic heterocycles. The van der Waals surface area contributed by atoms with Crippen molar-refractivity contribution < 1.29 is 0 Å². The summed E-state index contributed by atoms with van der Waals surface area (Å²) in [5.74, 6) is 0. The number of hydrogen-bond acceptors (Lipinski definition) is 1. The van der Waals surface area contributed by atoms with Crippen molar-refractivity contribution in [3.8, 4) is 0 Å². The van der Waals surface area contributed by atoms with Crippen LogP contribution < -0.4 is 5.73 Å². The van der Waals surface area contributed by atoms with Gasteiger partial charge in [0.2, 0.25) is 0 Å². The Labute approximate surface area is 69.4 Å². The second-order valence-corrected chi connectivity index (χ2v) is 3.05. The largest absolute Gasteiger partial charge is 0.326 e. The van der Waals surface area contributed by atoms with E-state index >= 15 is 0 Å². The highest BCUT2D eigenvalue weighted by atomic mass is 79.9. The fraction of sp³-hybridized carbons (Fsp3) is 0.250. The molecular weight excluding hydrogens is 190 g/mol. The van der Waals surface area contributed by atoms with Crippen molar-refractivity contribution >= 4 is 15.9 Å². The van der Waals surface area contributed by atoms with Gasteiger partial charge < -0.3 is 5.73 Å². The maximum absolute atomic E-state index is 5.49. The molecular formula is C8H10BrN. The Kier molecular flexibility index (Phi) is 2.46. The first-order chi connectivity index (χ1) is 4.75. The normalized spacial score (nSPS) is 9.90. The first-order valence-corrected chi connectivity index (χ1v) is 3.99. The van der Waals surface area contributed by atoms with E-state index in [9.17, 15) is 0 Å². The number of nitrogens with two attached hydrogens (primary N) is 1. The number of aryl methyl sites for hydroxylation is 1. The Morgan fingerprint density at radius 2 is 2.20 bits per heavy atom. The van der Waals surface area contributed by atoms with E-state index in [1.165, 1.54) is 11.1 Å². The minimum Gasteiger partial charge on any atom is -0.326 e. The third-order valence-electron chi connectivity index (χ3n) is 1.49. The standard InChI is InChI=1S/C8H10BrN/c1-6-3-2-4-7(5-10)8(6)9/h2-4H,5,10H2,1H3. The SMILES string of the molecule is Cc1cccc(CN)c1Br. The predicted molar refractivity (Wildman–Crippen MR) is 46.8 cm³/mol. The molecule has 0 bridgehead atoms. The third kappa shape index (κ3) is 1.39. The van der Waals surface area contributed by atoms with Gasteiger partial charge in [0.1, 0.15) is 0 Å². The van der Waals surface area contributed by atoms with Crippen LogP contribution in [0.3, 0.4) is 0 Å². The van der Waals surface area contributed by atoms with Gasteiger partial charge in [0.05, 0.1) is 0 Å². The van der Waals surface area contributed by atoms with Gasteiger partial charge in [0, 0.05) is 11.0 Å². The molecule has 0 radical (unpaired) electrons. The van der Waals surface area contributed by atoms with Gasteiger partial charge >= 0.3 is 0 Å². The Bertz CT molecular complexity index is 233. The van der Waals surface area contributed by atoms with Crippen molar-refractivity contribution in [2.75, 3.05) is 0 Å². The van der Waals surface area contributed by atoms with E-state index in [1.54, 1.807) is 0 Å². The average molecular weight is 200 g/mol. The van der Waals surface area contributed by atoms with Crippen molar-refractivity contribution in [2.24, 2.45) is 5.73 Å². The molecule has 54 valence electrons. The Balaban J connectivity index is 3.14. The molecule has 1 aromatic rings. The van der Waals surface area contributed by atoms with Crippen LogP contribution in [0.15, 0.2) is 22.7 Å². The molecule has 0 aliphatic rings. The fourth-order valence-corrected chi connectivity index (χ4v) is 1.29. The molecule has 0 spiro atoms. The summed E-state index contributed by atoms with van der Waals surface area (Å²) < 4.78 is 1.14. The van der Waals surface area contributed by atoms with Crippen molar-refractivity contribution in [3.05, 3.63) is 33.8 Å². The number of hydrogen-bond donors (Lipinski definition) is 1. The Hall–Kier alpha value is -0.340. The van der Waals surface area contributed by atoms with Gasteiger partial charge in [0.25, 0.3) is 0 Å². The Morgan fingerprint density at radius 3 is 2.70 bits per heavy atom. The highest BCUT2D eigenvalue weighted by molar-refractivity contribution is 9.10. The summed E-state index contributed by atoms with van der Waals surface area (Å²) in [6.45, 7) is 2.66. The number of halogens is 1. The molecule has 0 aromatic heterocycles. The summed E-state index contributed by atoms with van der Waals surface area (Å²) in [4.78, 5) is 0. The quantitative estimate of drug-likeness (QED) is 0.738. The molecule has 0 fully saturated rings. The molecule has 0 saturated carbocycles. The van der Waals surface area contributed by atoms with Gasteiger partial charge in [-0.25, -0.2) is 0 Å². The van der Waals surface area contributed by atoms with Gasteiger partial charge in [-0.05, 0) is 18.1 Å². The molecule has 2 heteroatoms. The van der Waals surface area contributed by atoms with Gasteiger partial charge in [-0.1, -0.05) is 34.1 Å². The Morgan fingerprint density at radius 1 is 1.50 bits per heavy atom. The second-order valence-electron chi connectivity index (χ2n) is 2.25. The monoisotopic (exact) mass is 199 g/mol. The lowest BCUT2D eigenvalue weighted by molar-refractivity contribution is 1.05. The van der Waals surface area contributed by atoms with E-state index < -0.39 is 0 Å². The van der Waals surface area contributed by atoms with Gasteiger partial charge in [0.15, 0.2) is 0 Å². The summed E-state index contributed by atoms with van der Waals surface area (Å²) in [6.07, 6.45) is 0. The molecule has 2 N–H and O–H groups in total. The lowest BCUT2D eigenvalue weighted by Gasteiger charge is -2.02. The molecule has 0 atom stereocenters. The van der Waals surface area contributed by atoms with Crippen LogP contribution in [-0.2, 0) is 6.54 Å². The van der Waals surface area contributed by atoms with E-state index in [1.807, 2.05) is 12.1 Å².